The lowest BCUT2D eigenvalue weighted by Crippen LogP contribution is -2.29. The summed E-state index contributed by atoms with van der Waals surface area (Å²) in [6.07, 6.45) is 6.65. The van der Waals surface area contributed by atoms with Crippen LogP contribution in [0.4, 0.5) is 5.69 Å². The molecule has 0 spiro atoms. The summed E-state index contributed by atoms with van der Waals surface area (Å²) in [5.74, 6) is 0.564. The first-order chi connectivity index (χ1) is 16.0. The molecule has 0 aliphatic carbocycles. The first-order valence-corrected chi connectivity index (χ1v) is 11.5. The van der Waals surface area contributed by atoms with E-state index in [1.165, 1.54) is 23.5 Å². The molecule has 1 aliphatic rings. The first kappa shape index (κ1) is 22.8. The lowest BCUT2D eigenvalue weighted by atomic mass is 10.1. The number of hydrogen-bond donors (Lipinski definition) is 0. The van der Waals surface area contributed by atoms with Crippen LogP contribution in [-0.2, 0) is 11.4 Å². The fraction of sp³-hybridized carbons (Fsp3) is 0.115. The summed E-state index contributed by atoms with van der Waals surface area (Å²) in [5, 5.41) is 0.959. The Hall–Kier alpha value is -3.35. The van der Waals surface area contributed by atoms with Gasteiger partial charge in [-0.3, -0.25) is 14.7 Å². The molecular formula is C26H22ClN3O2S. The van der Waals surface area contributed by atoms with Crippen molar-refractivity contribution in [3.8, 4) is 5.75 Å². The summed E-state index contributed by atoms with van der Waals surface area (Å²) in [7, 11) is 0. The normalized spacial score (nSPS) is 15.9. The van der Waals surface area contributed by atoms with Gasteiger partial charge in [0.1, 0.15) is 12.4 Å². The number of para-hydroxylation sites is 1. The molecule has 0 saturated carbocycles. The second kappa shape index (κ2) is 10.5. The molecule has 1 saturated heterocycles. The number of aromatic nitrogens is 1. The predicted molar refractivity (Wildman–Crippen MR) is 136 cm³/mol. The summed E-state index contributed by atoms with van der Waals surface area (Å²) >= 11 is 7.51. The van der Waals surface area contributed by atoms with Crippen LogP contribution in [0.2, 0.25) is 5.02 Å². The molecule has 0 bridgehead atoms. The van der Waals surface area contributed by atoms with Gasteiger partial charge in [-0.15, -0.1) is 6.58 Å². The fourth-order valence-corrected chi connectivity index (χ4v) is 4.31. The van der Waals surface area contributed by atoms with Crippen LogP contribution in [0.25, 0.3) is 6.08 Å². The maximum absolute atomic E-state index is 13.1. The maximum Gasteiger partial charge on any atom is 0.267 e. The van der Waals surface area contributed by atoms with Crippen LogP contribution in [0.3, 0.4) is 0 Å². The number of thioether (sulfide) groups is 1. The molecule has 166 valence electrons. The number of pyridine rings is 1. The molecule has 33 heavy (non-hydrogen) atoms. The molecule has 0 radical (unpaired) electrons. The summed E-state index contributed by atoms with van der Waals surface area (Å²) in [5.41, 5.74) is 3.66. The van der Waals surface area contributed by atoms with E-state index in [0.717, 1.165) is 11.1 Å². The van der Waals surface area contributed by atoms with Crippen LogP contribution >= 0.6 is 23.4 Å². The van der Waals surface area contributed by atoms with Crippen molar-refractivity contribution in [3.05, 3.63) is 106 Å². The van der Waals surface area contributed by atoms with Crippen molar-refractivity contribution in [2.75, 3.05) is 6.54 Å². The number of amides is 1. The van der Waals surface area contributed by atoms with Crippen LogP contribution < -0.4 is 4.74 Å². The van der Waals surface area contributed by atoms with Crippen LogP contribution in [0, 0.1) is 6.92 Å². The molecule has 2 heterocycles. The van der Waals surface area contributed by atoms with Gasteiger partial charge in [-0.2, -0.15) is 0 Å². The number of hydrogen-bond acceptors (Lipinski definition) is 5. The Morgan fingerprint density at radius 2 is 1.97 bits per heavy atom. The second-order valence-electron chi connectivity index (χ2n) is 7.35. The van der Waals surface area contributed by atoms with Gasteiger partial charge >= 0.3 is 0 Å². The average Bonchev–Trinajstić information content (AvgIpc) is 3.10. The van der Waals surface area contributed by atoms with Gasteiger partial charge in [0.15, 0.2) is 5.17 Å². The summed E-state index contributed by atoms with van der Waals surface area (Å²) in [6, 6.07) is 17.6. The number of carbonyl (C=O) groups excluding carboxylic acids is 1. The number of amidine groups is 1. The van der Waals surface area contributed by atoms with Crippen LogP contribution in [-0.4, -0.2) is 27.5 Å². The van der Waals surface area contributed by atoms with Gasteiger partial charge in [-0.25, -0.2) is 4.99 Å². The smallest absolute Gasteiger partial charge is 0.267 e. The minimum absolute atomic E-state index is 0.142. The zero-order chi connectivity index (χ0) is 23.2. The minimum atomic E-state index is -0.142. The molecule has 3 aromatic rings. The van der Waals surface area contributed by atoms with E-state index < -0.39 is 0 Å². The Kier molecular flexibility index (Phi) is 7.27. The number of rotatable bonds is 7. The Labute approximate surface area is 202 Å². The molecule has 0 atom stereocenters. The zero-order valence-corrected chi connectivity index (χ0v) is 19.6. The largest absolute Gasteiger partial charge is 0.488 e. The van der Waals surface area contributed by atoms with E-state index in [2.05, 4.69) is 35.6 Å². The van der Waals surface area contributed by atoms with Gasteiger partial charge < -0.3 is 4.74 Å². The summed E-state index contributed by atoms with van der Waals surface area (Å²) in [6.45, 7) is 6.60. The molecular weight excluding hydrogens is 454 g/mol. The van der Waals surface area contributed by atoms with Gasteiger partial charge in [0.25, 0.3) is 5.91 Å². The number of aliphatic imine (C=N–C) groups is 1. The highest BCUT2D eigenvalue weighted by Crippen LogP contribution is 2.36. The van der Waals surface area contributed by atoms with Crippen molar-refractivity contribution in [3.63, 3.8) is 0 Å². The third-order valence-electron chi connectivity index (χ3n) is 4.89. The van der Waals surface area contributed by atoms with Gasteiger partial charge in [-0.05, 0) is 42.5 Å². The van der Waals surface area contributed by atoms with Crippen LogP contribution in [0.5, 0.6) is 5.75 Å². The van der Waals surface area contributed by atoms with Crippen molar-refractivity contribution in [2.45, 2.75) is 13.5 Å². The third kappa shape index (κ3) is 5.53. The van der Waals surface area contributed by atoms with Crippen LogP contribution in [0.1, 0.15) is 16.7 Å². The molecule has 1 aromatic heterocycles. The highest BCUT2D eigenvalue weighted by molar-refractivity contribution is 8.18. The number of aryl methyl sites for hydroxylation is 1. The Bertz CT molecular complexity index is 1240. The standard InChI is InChI=1S/C26H22ClN3O2S/c1-3-14-30-25(31)24(33-26(30)29-22-12-13-28-16-21(22)27)15-20-6-4-5-7-23(20)32-17-19-10-8-18(2)9-11-19/h3-13,15-16H,1,14,17H2,2H3/b24-15-,29-26?. The lowest BCUT2D eigenvalue weighted by Gasteiger charge is -2.12. The second-order valence-corrected chi connectivity index (χ2v) is 8.76. The molecule has 5 nitrogen and oxygen atoms in total. The van der Waals surface area contributed by atoms with E-state index in [9.17, 15) is 4.79 Å². The summed E-state index contributed by atoms with van der Waals surface area (Å²) < 4.78 is 6.07. The van der Waals surface area contributed by atoms with Crippen molar-refractivity contribution in [1.29, 1.82) is 0 Å². The Morgan fingerprint density at radius 3 is 2.73 bits per heavy atom. The highest BCUT2D eigenvalue weighted by atomic mass is 35.5. The molecule has 1 aliphatic heterocycles. The molecule has 2 aromatic carbocycles. The Morgan fingerprint density at radius 1 is 1.18 bits per heavy atom. The average molecular weight is 476 g/mol. The number of ether oxygens (including phenoxy) is 1. The van der Waals surface area contributed by atoms with E-state index in [-0.39, 0.29) is 5.91 Å². The number of benzene rings is 2. The first-order valence-electron chi connectivity index (χ1n) is 10.3. The monoisotopic (exact) mass is 475 g/mol. The van der Waals surface area contributed by atoms with Gasteiger partial charge in [0.2, 0.25) is 0 Å². The van der Waals surface area contributed by atoms with Crippen molar-refractivity contribution >= 4 is 46.2 Å². The van der Waals surface area contributed by atoms with Crippen molar-refractivity contribution in [1.82, 2.24) is 9.88 Å². The number of carbonyl (C=O) groups is 1. The number of halogens is 1. The zero-order valence-electron chi connectivity index (χ0n) is 18.1. The quantitative estimate of drug-likeness (QED) is 0.292. The molecule has 1 amide bonds. The molecule has 0 unspecified atom stereocenters. The third-order valence-corrected chi connectivity index (χ3v) is 6.19. The SMILES string of the molecule is C=CCN1C(=O)/C(=C/c2ccccc2OCc2ccc(C)cc2)SC1=Nc1ccncc1Cl. The van der Waals surface area contributed by atoms with Gasteiger partial charge in [0.05, 0.1) is 15.6 Å². The molecule has 4 rings (SSSR count). The van der Waals surface area contributed by atoms with E-state index >= 15 is 0 Å². The maximum atomic E-state index is 13.1. The fourth-order valence-electron chi connectivity index (χ4n) is 3.16. The van der Waals surface area contributed by atoms with Crippen molar-refractivity contribution < 1.29 is 9.53 Å². The van der Waals surface area contributed by atoms with E-state index in [1.54, 1.807) is 23.2 Å². The topological polar surface area (TPSA) is 54.8 Å². The molecule has 1 fully saturated rings. The van der Waals surface area contributed by atoms with E-state index in [4.69, 9.17) is 16.3 Å². The number of nitrogens with zero attached hydrogens (tertiary/aromatic N) is 3. The summed E-state index contributed by atoms with van der Waals surface area (Å²) in [4.78, 5) is 23.8. The van der Waals surface area contributed by atoms with E-state index in [0.29, 0.717) is 39.7 Å². The molecule has 0 N–H and O–H groups in total. The van der Waals surface area contributed by atoms with E-state index in [1.807, 2.05) is 42.5 Å². The minimum Gasteiger partial charge on any atom is -0.488 e. The molecule has 7 heteroatoms. The van der Waals surface area contributed by atoms with Crippen molar-refractivity contribution in [2.24, 2.45) is 4.99 Å². The highest BCUT2D eigenvalue weighted by Gasteiger charge is 2.33. The van der Waals surface area contributed by atoms with Gasteiger partial charge in [-0.1, -0.05) is 65.7 Å². The van der Waals surface area contributed by atoms with Gasteiger partial charge in [0, 0.05) is 24.5 Å². The lowest BCUT2D eigenvalue weighted by molar-refractivity contribution is -0.121. The Balaban J connectivity index is 1.61. The predicted octanol–water partition coefficient (Wildman–Crippen LogP) is 6.41. The van der Waals surface area contributed by atoms with Crippen LogP contribution in [0.15, 0.2) is 89.5 Å².